The summed E-state index contributed by atoms with van der Waals surface area (Å²) in [6, 6.07) is 0. The molecular weight excluding hydrogens is 304 g/mol. The number of halogens is 2. The average Bonchev–Trinajstić information content (AvgIpc) is 2.64. The zero-order valence-corrected chi connectivity index (χ0v) is 13.0. The van der Waals surface area contributed by atoms with Crippen LogP contribution in [0, 0.1) is 5.92 Å². The Bertz CT molecular complexity index is 341. The van der Waals surface area contributed by atoms with Crippen LogP contribution in [0.1, 0.15) is 26.0 Å². The lowest BCUT2D eigenvalue weighted by molar-refractivity contribution is 0.182. The second-order valence-electron chi connectivity index (χ2n) is 4.45. The van der Waals surface area contributed by atoms with Crippen LogP contribution in [0.15, 0.2) is 6.20 Å². The fourth-order valence-electron chi connectivity index (χ4n) is 1.61. The van der Waals surface area contributed by atoms with Gasteiger partial charge < -0.3 is 4.74 Å². The van der Waals surface area contributed by atoms with Crippen molar-refractivity contribution in [2.75, 3.05) is 13.7 Å². The Hall–Kier alpha value is -0.0600. The molecule has 3 nitrogen and oxygen atoms in total. The molecule has 0 aromatic carbocycles. The molecule has 0 saturated heterocycles. The molecule has 0 aliphatic carbocycles. The summed E-state index contributed by atoms with van der Waals surface area (Å²) < 4.78 is 7.00. The molecule has 0 radical (unpaired) electrons. The number of rotatable bonds is 7. The predicted molar refractivity (Wildman–Crippen MR) is 75.0 cm³/mol. The van der Waals surface area contributed by atoms with Gasteiger partial charge >= 0.3 is 0 Å². The second kappa shape index (κ2) is 7.39. The van der Waals surface area contributed by atoms with Crippen molar-refractivity contribution in [2.24, 2.45) is 5.92 Å². The van der Waals surface area contributed by atoms with Crippen molar-refractivity contribution in [3.8, 4) is 0 Å². The van der Waals surface area contributed by atoms with Gasteiger partial charge in [-0.15, -0.1) is 0 Å². The minimum absolute atomic E-state index is 0.518. The molecule has 0 amide bonds. The van der Waals surface area contributed by atoms with Crippen LogP contribution in [-0.4, -0.2) is 28.3 Å². The molecule has 1 atom stereocenters. The maximum absolute atomic E-state index is 6.15. The topological polar surface area (TPSA) is 27.1 Å². The van der Waals surface area contributed by atoms with Crippen molar-refractivity contribution in [1.82, 2.24) is 9.78 Å². The maximum Gasteiger partial charge on any atom is 0.0817 e. The number of hydrogen-bond acceptors (Lipinski definition) is 2. The Morgan fingerprint density at radius 3 is 2.82 bits per heavy atom. The molecule has 1 aromatic rings. The molecule has 1 heterocycles. The van der Waals surface area contributed by atoms with Crippen molar-refractivity contribution in [2.45, 2.75) is 38.1 Å². The van der Waals surface area contributed by atoms with Gasteiger partial charge in [0.15, 0.2) is 0 Å². The van der Waals surface area contributed by atoms with Gasteiger partial charge in [0, 0.05) is 11.9 Å². The molecule has 1 rings (SSSR count). The smallest absolute Gasteiger partial charge is 0.0817 e. The van der Waals surface area contributed by atoms with Gasteiger partial charge in [-0.2, -0.15) is 5.10 Å². The van der Waals surface area contributed by atoms with Crippen molar-refractivity contribution in [3.63, 3.8) is 0 Å². The third-order valence-electron chi connectivity index (χ3n) is 2.79. The highest BCUT2D eigenvalue weighted by Gasteiger charge is 2.13. The van der Waals surface area contributed by atoms with Gasteiger partial charge in [0.25, 0.3) is 0 Å². The van der Waals surface area contributed by atoms with Crippen molar-refractivity contribution in [3.05, 3.63) is 16.9 Å². The van der Waals surface area contributed by atoms with E-state index in [9.17, 15) is 0 Å². The fourth-order valence-corrected chi connectivity index (χ4v) is 2.08. The Kier molecular flexibility index (Phi) is 6.52. The molecule has 0 aliphatic heterocycles. The highest BCUT2D eigenvalue weighted by Crippen LogP contribution is 2.22. The first-order valence-electron chi connectivity index (χ1n) is 5.89. The molecular formula is C12H20BrClN2O. The number of alkyl halides is 1. The Balaban J connectivity index is 2.59. The normalized spacial score (nSPS) is 13.3. The van der Waals surface area contributed by atoms with Gasteiger partial charge in [-0.1, -0.05) is 41.4 Å². The van der Waals surface area contributed by atoms with Crippen LogP contribution in [0.4, 0.5) is 0 Å². The predicted octanol–water partition coefficient (Wildman–Crippen LogP) is 3.54. The number of ether oxygens (including phenoxy) is 1. The second-order valence-corrected chi connectivity index (χ2v) is 6.04. The Labute approximate surface area is 117 Å². The lowest BCUT2D eigenvalue weighted by atomic mass is 10.1. The highest BCUT2D eigenvalue weighted by molar-refractivity contribution is 9.09. The molecule has 0 aliphatic rings. The van der Waals surface area contributed by atoms with E-state index in [-0.39, 0.29) is 0 Å². The summed E-state index contributed by atoms with van der Waals surface area (Å²) in [5.41, 5.74) is 1.11. The fraction of sp³-hybridized carbons (Fsp3) is 0.750. The average molecular weight is 324 g/mol. The number of nitrogens with zero attached hydrogens (tertiary/aromatic N) is 2. The summed E-state index contributed by atoms with van der Waals surface area (Å²) in [6.07, 6.45) is 3.72. The van der Waals surface area contributed by atoms with Crippen LogP contribution in [0.2, 0.25) is 5.02 Å². The summed E-state index contributed by atoms with van der Waals surface area (Å²) in [6.45, 7) is 5.84. The summed E-state index contributed by atoms with van der Waals surface area (Å²) in [5.74, 6) is 0.629. The van der Waals surface area contributed by atoms with Gasteiger partial charge in [-0.3, -0.25) is 4.68 Å². The van der Waals surface area contributed by atoms with Crippen molar-refractivity contribution < 1.29 is 4.74 Å². The van der Waals surface area contributed by atoms with E-state index in [1.165, 1.54) is 0 Å². The monoisotopic (exact) mass is 322 g/mol. The number of methoxy groups -OCH3 is 1. The van der Waals surface area contributed by atoms with Gasteiger partial charge in [-0.05, 0) is 18.8 Å². The molecule has 17 heavy (non-hydrogen) atoms. The molecule has 1 aromatic heterocycles. The highest BCUT2D eigenvalue weighted by atomic mass is 79.9. The van der Waals surface area contributed by atoms with E-state index >= 15 is 0 Å². The molecule has 98 valence electrons. The third kappa shape index (κ3) is 4.60. The zero-order chi connectivity index (χ0) is 12.8. The van der Waals surface area contributed by atoms with E-state index in [1.807, 2.05) is 4.68 Å². The van der Waals surface area contributed by atoms with Crippen LogP contribution >= 0.6 is 27.5 Å². The van der Waals surface area contributed by atoms with Crippen LogP contribution in [-0.2, 0) is 17.7 Å². The van der Waals surface area contributed by atoms with Crippen LogP contribution in [0.3, 0.4) is 0 Å². The molecule has 0 N–H and O–H groups in total. The van der Waals surface area contributed by atoms with E-state index in [0.29, 0.717) is 17.4 Å². The van der Waals surface area contributed by atoms with E-state index in [4.69, 9.17) is 16.3 Å². The molecule has 0 bridgehead atoms. The van der Waals surface area contributed by atoms with Gasteiger partial charge in [0.05, 0.1) is 30.1 Å². The van der Waals surface area contributed by atoms with Crippen LogP contribution < -0.4 is 0 Å². The SMILES string of the molecule is COCCn1ncc(Cl)c1CCC(Br)C(C)C. The van der Waals surface area contributed by atoms with Crippen LogP contribution in [0.25, 0.3) is 0 Å². The van der Waals surface area contributed by atoms with Gasteiger partial charge in [0.2, 0.25) is 0 Å². The Morgan fingerprint density at radius 2 is 2.24 bits per heavy atom. The maximum atomic E-state index is 6.15. The number of aromatic nitrogens is 2. The quantitative estimate of drug-likeness (QED) is 0.718. The molecule has 5 heteroatoms. The standard InChI is InChI=1S/C12H20BrClN2O/c1-9(2)10(13)4-5-12-11(14)8-15-16(12)6-7-17-3/h8-10H,4-7H2,1-3H3. The molecule has 0 fully saturated rings. The largest absolute Gasteiger partial charge is 0.383 e. The first-order valence-corrected chi connectivity index (χ1v) is 7.18. The van der Waals surface area contributed by atoms with E-state index in [0.717, 1.165) is 30.1 Å². The lowest BCUT2D eigenvalue weighted by Crippen LogP contribution is -2.13. The van der Waals surface area contributed by atoms with Crippen molar-refractivity contribution >= 4 is 27.5 Å². The zero-order valence-electron chi connectivity index (χ0n) is 10.6. The van der Waals surface area contributed by atoms with Gasteiger partial charge in [-0.25, -0.2) is 0 Å². The van der Waals surface area contributed by atoms with Crippen LogP contribution in [0.5, 0.6) is 0 Å². The summed E-state index contributed by atoms with van der Waals surface area (Å²) in [5, 5.41) is 5.02. The summed E-state index contributed by atoms with van der Waals surface area (Å²) in [7, 11) is 1.69. The minimum atomic E-state index is 0.518. The summed E-state index contributed by atoms with van der Waals surface area (Å²) >= 11 is 9.84. The van der Waals surface area contributed by atoms with Gasteiger partial charge in [0.1, 0.15) is 0 Å². The van der Waals surface area contributed by atoms with E-state index in [1.54, 1.807) is 13.3 Å². The molecule has 0 saturated carbocycles. The first kappa shape index (κ1) is 15.0. The van der Waals surface area contributed by atoms with E-state index in [2.05, 4.69) is 34.9 Å². The first-order chi connectivity index (χ1) is 8.06. The number of hydrogen-bond donors (Lipinski definition) is 0. The molecule has 0 spiro atoms. The third-order valence-corrected chi connectivity index (χ3v) is 4.62. The van der Waals surface area contributed by atoms with Crippen molar-refractivity contribution in [1.29, 1.82) is 0 Å². The minimum Gasteiger partial charge on any atom is -0.383 e. The van der Waals surface area contributed by atoms with E-state index < -0.39 is 0 Å². The Morgan fingerprint density at radius 1 is 1.53 bits per heavy atom. The lowest BCUT2D eigenvalue weighted by Gasteiger charge is -2.14. The summed E-state index contributed by atoms with van der Waals surface area (Å²) in [4.78, 5) is 0.518. The molecule has 1 unspecified atom stereocenters.